The molecule has 0 amide bonds. The van der Waals surface area contributed by atoms with Crippen molar-refractivity contribution in [2.75, 3.05) is 0 Å². The fourth-order valence-corrected chi connectivity index (χ4v) is 3.03. The Labute approximate surface area is 82.8 Å². The van der Waals surface area contributed by atoms with Crippen molar-refractivity contribution in [2.24, 2.45) is 0 Å². The molecule has 1 aromatic rings. The second kappa shape index (κ2) is 4.05. The normalized spacial score (nSPS) is 18.8. The third-order valence-electron chi connectivity index (χ3n) is 2.77. The molecule has 1 heterocycles. The van der Waals surface area contributed by atoms with Crippen LogP contribution in [0.1, 0.15) is 52.6 Å². The van der Waals surface area contributed by atoms with Crippen LogP contribution in [0.15, 0.2) is 12.1 Å². The van der Waals surface area contributed by atoms with Gasteiger partial charge >= 0.3 is 0 Å². The molecule has 2 rings (SSSR count). The fraction of sp³-hybridized carbons (Fsp3) is 0.545. The van der Waals surface area contributed by atoms with Crippen LogP contribution >= 0.6 is 11.3 Å². The lowest BCUT2D eigenvalue weighted by Crippen LogP contribution is -2.02. The van der Waals surface area contributed by atoms with Gasteiger partial charge in [0.15, 0.2) is 6.29 Å². The molecule has 0 unspecified atom stereocenters. The molecule has 1 nitrogen and oxygen atoms in total. The number of hydrogen-bond acceptors (Lipinski definition) is 2. The molecule has 0 aliphatic heterocycles. The molecule has 0 atom stereocenters. The largest absolute Gasteiger partial charge is 0.297 e. The molecule has 0 radical (unpaired) electrons. The van der Waals surface area contributed by atoms with Crippen LogP contribution in [0.25, 0.3) is 0 Å². The zero-order chi connectivity index (χ0) is 9.10. The molecule has 0 aromatic carbocycles. The summed E-state index contributed by atoms with van der Waals surface area (Å²) in [6, 6.07) is 4.08. The summed E-state index contributed by atoms with van der Waals surface area (Å²) in [6.07, 6.45) is 7.70. The van der Waals surface area contributed by atoms with Gasteiger partial charge in [-0.05, 0) is 30.9 Å². The Morgan fingerprint density at radius 2 is 2.00 bits per heavy atom. The maximum Gasteiger partial charge on any atom is 0.160 e. The Hall–Kier alpha value is -0.630. The van der Waals surface area contributed by atoms with Crippen LogP contribution in [0.4, 0.5) is 0 Å². The molecule has 70 valence electrons. The first kappa shape index (κ1) is 8.95. The van der Waals surface area contributed by atoms with Crippen molar-refractivity contribution in [3.63, 3.8) is 0 Å². The van der Waals surface area contributed by atoms with Gasteiger partial charge in [-0.2, -0.15) is 0 Å². The van der Waals surface area contributed by atoms with Gasteiger partial charge in [0.25, 0.3) is 0 Å². The molecule has 1 aliphatic rings. The van der Waals surface area contributed by atoms with E-state index >= 15 is 0 Å². The lowest BCUT2D eigenvalue weighted by Gasteiger charge is -2.19. The Kier molecular flexibility index (Phi) is 2.79. The summed E-state index contributed by atoms with van der Waals surface area (Å²) < 4.78 is 0. The number of hydrogen-bond donors (Lipinski definition) is 0. The molecule has 0 spiro atoms. The monoisotopic (exact) mass is 194 g/mol. The van der Waals surface area contributed by atoms with Crippen LogP contribution in [-0.2, 0) is 0 Å². The zero-order valence-corrected chi connectivity index (χ0v) is 8.48. The van der Waals surface area contributed by atoms with E-state index in [1.807, 2.05) is 6.07 Å². The third-order valence-corrected chi connectivity index (χ3v) is 3.94. The zero-order valence-electron chi connectivity index (χ0n) is 7.66. The number of carbonyl (C=O) groups is 1. The van der Waals surface area contributed by atoms with Crippen LogP contribution in [0.2, 0.25) is 0 Å². The first-order valence-electron chi connectivity index (χ1n) is 4.95. The van der Waals surface area contributed by atoms with E-state index in [1.165, 1.54) is 37.0 Å². The SMILES string of the molecule is O=Cc1ccc(C2CCCCC2)s1. The van der Waals surface area contributed by atoms with Crippen LogP contribution < -0.4 is 0 Å². The summed E-state index contributed by atoms with van der Waals surface area (Å²) in [4.78, 5) is 12.8. The van der Waals surface area contributed by atoms with Gasteiger partial charge in [-0.15, -0.1) is 11.3 Å². The second-order valence-electron chi connectivity index (χ2n) is 3.69. The van der Waals surface area contributed by atoms with Crippen molar-refractivity contribution >= 4 is 17.6 Å². The molecule has 1 aliphatic carbocycles. The highest BCUT2D eigenvalue weighted by atomic mass is 32.1. The summed E-state index contributed by atoms with van der Waals surface area (Å²) in [5.74, 6) is 0.743. The van der Waals surface area contributed by atoms with Gasteiger partial charge in [0.2, 0.25) is 0 Å². The lowest BCUT2D eigenvalue weighted by atomic mass is 9.88. The molecular formula is C11H14OS. The summed E-state index contributed by atoms with van der Waals surface area (Å²) in [5, 5.41) is 0. The van der Waals surface area contributed by atoms with Gasteiger partial charge in [0.05, 0.1) is 4.88 Å². The average Bonchev–Trinajstić information content (AvgIpc) is 2.67. The lowest BCUT2D eigenvalue weighted by molar-refractivity contribution is 0.112. The van der Waals surface area contributed by atoms with Crippen molar-refractivity contribution in [3.05, 3.63) is 21.9 Å². The van der Waals surface area contributed by atoms with Gasteiger partial charge in [-0.25, -0.2) is 0 Å². The highest BCUT2D eigenvalue weighted by Crippen LogP contribution is 2.35. The Morgan fingerprint density at radius 1 is 1.23 bits per heavy atom. The first-order valence-corrected chi connectivity index (χ1v) is 5.76. The van der Waals surface area contributed by atoms with Crippen molar-refractivity contribution in [3.8, 4) is 0 Å². The predicted octanol–water partition coefficient (Wildman–Crippen LogP) is 3.61. The van der Waals surface area contributed by atoms with Gasteiger partial charge in [0.1, 0.15) is 0 Å². The molecule has 1 fully saturated rings. The Balaban J connectivity index is 2.09. The van der Waals surface area contributed by atoms with Crippen molar-refractivity contribution in [1.82, 2.24) is 0 Å². The highest BCUT2D eigenvalue weighted by Gasteiger charge is 2.16. The van der Waals surface area contributed by atoms with E-state index in [0.29, 0.717) is 0 Å². The van der Waals surface area contributed by atoms with E-state index in [0.717, 1.165) is 17.1 Å². The molecule has 0 saturated heterocycles. The minimum absolute atomic E-state index is 0.743. The number of rotatable bonds is 2. The van der Waals surface area contributed by atoms with Crippen molar-refractivity contribution in [1.29, 1.82) is 0 Å². The summed E-state index contributed by atoms with van der Waals surface area (Å²) in [5.41, 5.74) is 0. The van der Waals surface area contributed by atoms with E-state index in [2.05, 4.69) is 6.07 Å². The number of thiophene rings is 1. The maximum absolute atomic E-state index is 10.5. The van der Waals surface area contributed by atoms with Crippen molar-refractivity contribution < 1.29 is 4.79 Å². The second-order valence-corrected chi connectivity index (χ2v) is 4.84. The molecule has 1 aromatic heterocycles. The van der Waals surface area contributed by atoms with Crippen LogP contribution in [-0.4, -0.2) is 6.29 Å². The summed E-state index contributed by atoms with van der Waals surface area (Å²) in [6.45, 7) is 0. The van der Waals surface area contributed by atoms with Crippen LogP contribution in [0.5, 0.6) is 0 Å². The predicted molar refractivity (Wildman–Crippen MR) is 55.5 cm³/mol. The quantitative estimate of drug-likeness (QED) is 0.657. The summed E-state index contributed by atoms with van der Waals surface area (Å²) in [7, 11) is 0. The van der Waals surface area contributed by atoms with Gasteiger partial charge in [0, 0.05) is 4.88 Å². The van der Waals surface area contributed by atoms with E-state index in [1.54, 1.807) is 11.3 Å². The van der Waals surface area contributed by atoms with Crippen LogP contribution in [0.3, 0.4) is 0 Å². The number of aldehydes is 1. The molecular weight excluding hydrogens is 180 g/mol. The Morgan fingerprint density at radius 3 is 2.62 bits per heavy atom. The van der Waals surface area contributed by atoms with Gasteiger partial charge < -0.3 is 0 Å². The molecule has 2 heteroatoms. The summed E-state index contributed by atoms with van der Waals surface area (Å²) >= 11 is 1.67. The topological polar surface area (TPSA) is 17.1 Å². The molecule has 13 heavy (non-hydrogen) atoms. The van der Waals surface area contributed by atoms with Gasteiger partial charge in [-0.3, -0.25) is 4.79 Å². The van der Waals surface area contributed by atoms with E-state index in [-0.39, 0.29) is 0 Å². The van der Waals surface area contributed by atoms with Crippen LogP contribution in [0, 0.1) is 0 Å². The number of carbonyl (C=O) groups excluding carboxylic acids is 1. The molecule has 1 saturated carbocycles. The highest BCUT2D eigenvalue weighted by molar-refractivity contribution is 7.13. The minimum Gasteiger partial charge on any atom is -0.297 e. The Bertz CT molecular complexity index is 284. The third kappa shape index (κ3) is 1.99. The standard InChI is InChI=1S/C11H14OS/c12-8-10-6-7-11(13-10)9-4-2-1-3-5-9/h6-9H,1-5H2. The molecule has 0 bridgehead atoms. The van der Waals surface area contributed by atoms with E-state index in [4.69, 9.17) is 0 Å². The van der Waals surface area contributed by atoms with Gasteiger partial charge in [-0.1, -0.05) is 19.3 Å². The minimum atomic E-state index is 0.743. The van der Waals surface area contributed by atoms with E-state index < -0.39 is 0 Å². The smallest absolute Gasteiger partial charge is 0.160 e. The average molecular weight is 194 g/mol. The maximum atomic E-state index is 10.5. The molecule has 0 N–H and O–H groups in total. The van der Waals surface area contributed by atoms with E-state index in [9.17, 15) is 4.79 Å². The first-order chi connectivity index (χ1) is 6.40. The van der Waals surface area contributed by atoms with Crippen molar-refractivity contribution in [2.45, 2.75) is 38.0 Å². The fourth-order valence-electron chi connectivity index (χ4n) is 2.04.